The molecule has 0 atom stereocenters. The van der Waals surface area contributed by atoms with Gasteiger partial charge in [-0.2, -0.15) is 0 Å². The zero-order valence-corrected chi connectivity index (χ0v) is 5.00. The summed E-state index contributed by atoms with van der Waals surface area (Å²) in [5, 5.41) is 0. The van der Waals surface area contributed by atoms with Gasteiger partial charge in [0.2, 0.25) is 6.41 Å². The fraction of sp³-hybridized carbons (Fsp3) is 0.500. The normalized spacial score (nSPS) is 7.67. The zero-order chi connectivity index (χ0) is 4.99. The third-order valence-electron chi connectivity index (χ3n) is 0.277. The van der Waals surface area contributed by atoms with Crippen molar-refractivity contribution in [1.29, 1.82) is 0 Å². The number of carbonyl (C=O) groups is 1. The van der Waals surface area contributed by atoms with E-state index >= 15 is 0 Å². The van der Waals surface area contributed by atoms with Crippen LogP contribution in [0.5, 0.6) is 0 Å². The van der Waals surface area contributed by atoms with Crippen LogP contribution in [-0.4, -0.2) is 16.4 Å². The Morgan fingerprint density at radius 1 is 2.00 bits per heavy atom. The highest BCUT2D eigenvalue weighted by molar-refractivity contribution is 8.05. The van der Waals surface area contributed by atoms with E-state index in [2.05, 4.69) is 12.8 Å². The number of hydrogen-bond acceptors (Lipinski definition) is 3. The average Bonchev–Trinajstić information content (AvgIpc) is 1.65. The second-order valence-corrected chi connectivity index (χ2v) is 2.05. The van der Waals surface area contributed by atoms with Crippen LogP contribution in [0.25, 0.3) is 0 Å². The smallest absolute Gasteiger partial charge is 0.229 e. The molecule has 0 N–H and O–H groups in total. The molecule has 0 bridgehead atoms. The molecule has 0 aliphatic carbocycles. The van der Waals surface area contributed by atoms with E-state index in [4.69, 9.17) is 0 Å². The summed E-state index contributed by atoms with van der Waals surface area (Å²) in [5.41, 5.74) is 0. The van der Waals surface area contributed by atoms with Gasteiger partial charge in [0.1, 0.15) is 0 Å². The van der Waals surface area contributed by atoms with Crippen molar-refractivity contribution in [2.24, 2.45) is 0 Å². The summed E-state index contributed by atoms with van der Waals surface area (Å²) in [7, 11) is 0. The summed E-state index contributed by atoms with van der Waals surface area (Å²) in [5.74, 6) is 0. The number of nitrogens with zero attached hydrogens (tertiary/aromatic N) is 1. The molecule has 0 aromatic rings. The highest BCUT2D eigenvalue weighted by Gasteiger charge is 1.82. The molecule has 1 amide bonds. The van der Waals surface area contributed by atoms with Gasteiger partial charge in [-0.15, -0.1) is 0 Å². The molecule has 0 aliphatic heterocycles. The topological polar surface area (TPSA) is 20.3 Å². The maximum Gasteiger partial charge on any atom is 0.229 e. The van der Waals surface area contributed by atoms with Crippen molar-refractivity contribution >= 4 is 31.2 Å². The molecule has 0 radical (unpaired) electrons. The van der Waals surface area contributed by atoms with Gasteiger partial charge in [-0.05, 0) is 11.9 Å². The minimum atomic E-state index is 0.633. The standard InChI is InChI=1S/C2H5NOS2/c1-6-3(5)2-4/h2,5H,1H3. The molecule has 4 heteroatoms. The van der Waals surface area contributed by atoms with Gasteiger partial charge in [-0.25, -0.2) is 3.71 Å². The molecule has 0 fully saturated rings. The van der Waals surface area contributed by atoms with Gasteiger partial charge >= 0.3 is 0 Å². The first kappa shape index (κ1) is 6.17. The van der Waals surface area contributed by atoms with E-state index < -0.39 is 0 Å². The van der Waals surface area contributed by atoms with Crippen LogP contribution in [0.1, 0.15) is 0 Å². The predicted molar refractivity (Wildman–Crippen MR) is 30.4 cm³/mol. The number of carbonyl (C=O) groups excluding carboxylic acids is 1. The van der Waals surface area contributed by atoms with Gasteiger partial charge in [-0.3, -0.25) is 4.79 Å². The third-order valence-corrected chi connectivity index (χ3v) is 1.32. The molecule has 0 aromatic heterocycles. The molecule has 0 spiro atoms. The van der Waals surface area contributed by atoms with Gasteiger partial charge in [-0.1, -0.05) is 12.8 Å². The Labute approximate surface area is 46.6 Å². The number of amides is 1. The van der Waals surface area contributed by atoms with Crippen LogP contribution in [0.3, 0.4) is 0 Å². The SMILES string of the molecule is CSN(S)C=O. The van der Waals surface area contributed by atoms with E-state index in [1.807, 2.05) is 0 Å². The summed E-state index contributed by atoms with van der Waals surface area (Å²) in [6, 6.07) is 0. The maximum atomic E-state index is 9.56. The summed E-state index contributed by atoms with van der Waals surface area (Å²) in [4.78, 5) is 9.56. The van der Waals surface area contributed by atoms with Crippen LogP contribution < -0.4 is 0 Å². The largest absolute Gasteiger partial charge is 0.277 e. The number of hydrogen-bond donors (Lipinski definition) is 1. The molecule has 2 nitrogen and oxygen atoms in total. The number of rotatable bonds is 2. The highest BCUT2D eigenvalue weighted by Crippen LogP contribution is 2.01. The molecule has 0 rings (SSSR count). The van der Waals surface area contributed by atoms with Crippen LogP contribution >= 0.6 is 24.8 Å². The minimum Gasteiger partial charge on any atom is -0.277 e. The third kappa shape index (κ3) is 2.41. The first-order valence-corrected chi connectivity index (χ1v) is 2.87. The zero-order valence-electron chi connectivity index (χ0n) is 3.29. The lowest BCUT2D eigenvalue weighted by Gasteiger charge is -1.97. The molecule has 0 saturated carbocycles. The molecule has 6 heavy (non-hydrogen) atoms. The molecule has 0 saturated heterocycles. The minimum absolute atomic E-state index is 0.633. The van der Waals surface area contributed by atoms with E-state index in [9.17, 15) is 4.79 Å². The van der Waals surface area contributed by atoms with Crippen molar-refractivity contribution < 1.29 is 4.79 Å². The number of thiol groups is 1. The second kappa shape index (κ2) is 3.36. The fourth-order valence-electron chi connectivity index (χ4n) is 0.0430. The van der Waals surface area contributed by atoms with Crippen LogP contribution in [0, 0.1) is 0 Å². The Hall–Kier alpha value is 0.170. The summed E-state index contributed by atoms with van der Waals surface area (Å²) < 4.78 is 1.18. The first-order valence-electron chi connectivity index (χ1n) is 1.28. The van der Waals surface area contributed by atoms with Gasteiger partial charge in [0.25, 0.3) is 0 Å². The summed E-state index contributed by atoms with van der Waals surface area (Å²) in [6.45, 7) is 0. The average molecular weight is 123 g/mol. The van der Waals surface area contributed by atoms with Crippen LogP contribution in [0.15, 0.2) is 0 Å². The first-order chi connectivity index (χ1) is 2.81. The van der Waals surface area contributed by atoms with Crippen LogP contribution in [0.2, 0.25) is 0 Å². The van der Waals surface area contributed by atoms with Crippen molar-refractivity contribution in [3.63, 3.8) is 0 Å². The van der Waals surface area contributed by atoms with E-state index in [1.165, 1.54) is 15.7 Å². The lowest BCUT2D eigenvalue weighted by Crippen LogP contribution is -1.93. The van der Waals surface area contributed by atoms with E-state index in [1.54, 1.807) is 6.26 Å². The predicted octanol–water partition coefficient (Wildman–Crippen LogP) is 0.568. The molecule has 0 aromatic carbocycles. The molecular weight excluding hydrogens is 118 g/mol. The van der Waals surface area contributed by atoms with Gasteiger partial charge in [0.15, 0.2) is 0 Å². The van der Waals surface area contributed by atoms with Crippen molar-refractivity contribution in [1.82, 2.24) is 3.71 Å². The van der Waals surface area contributed by atoms with Gasteiger partial charge in [0.05, 0.1) is 0 Å². The quantitative estimate of drug-likeness (QED) is 0.329. The monoisotopic (exact) mass is 123 g/mol. The fourth-order valence-corrected chi connectivity index (χ4v) is 0.129. The van der Waals surface area contributed by atoms with E-state index in [0.717, 1.165) is 0 Å². The summed E-state index contributed by atoms with van der Waals surface area (Å²) >= 11 is 4.91. The molecule has 0 unspecified atom stereocenters. The van der Waals surface area contributed by atoms with E-state index in [0.29, 0.717) is 6.41 Å². The Kier molecular flexibility index (Phi) is 3.46. The Bertz CT molecular complexity index is 48.8. The molecule has 0 heterocycles. The lowest BCUT2D eigenvalue weighted by atomic mass is 11.5. The van der Waals surface area contributed by atoms with Crippen molar-refractivity contribution in [3.05, 3.63) is 0 Å². The van der Waals surface area contributed by atoms with Crippen molar-refractivity contribution in [2.45, 2.75) is 0 Å². The van der Waals surface area contributed by atoms with Crippen LogP contribution in [-0.2, 0) is 4.79 Å². The second-order valence-electron chi connectivity index (χ2n) is 0.591. The van der Waals surface area contributed by atoms with Gasteiger partial charge in [0, 0.05) is 6.26 Å². The molecular formula is C2H5NOS2. The Balaban J connectivity index is 2.96. The van der Waals surface area contributed by atoms with Crippen molar-refractivity contribution in [2.75, 3.05) is 6.26 Å². The highest BCUT2D eigenvalue weighted by atomic mass is 32.2. The molecule has 36 valence electrons. The van der Waals surface area contributed by atoms with E-state index in [-0.39, 0.29) is 0 Å². The Morgan fingerprint density at radius 2 is 2.50 bits per heavy atom. The Morgan fingerprint density at radius 3 is 2.50 bits per heavy atom. The van der Waals surface area contributed by atoms with Gasteiger partial charge < -0.3 is 0 Å². The summed E-state index contributed by atoms with van der Waals surface area (Å²) in [6.07, 6.45) is 2.40. The van der Waals surface area contributed by atoms with Crippen molar-refractivity contribution in [3.8, 4) is 0 Å². The molecule has 0 aliphatic rings. The maximum absolute atomic E-state index is 9.56. The lowest BCUT2D eigenvalue weighted by molar-refractivity contribution is -0.110. The van der Waals surface area contributed by atoms with Crippen LogP contribution in [0.4, 0.5) is 0 Å².